The Labute approximate surface area is 169 Å². The van der Waals surface area contributed by atoms with Gasteiger partial charge < -0.3 is 9.64 Å². The van der Waals surface area contributed by atoms with Crippen LogP contribution in [-0.2, 0) is 4.74 Å². The van der Waals surface area contributed by atoms with E-state index in [0.717, 1.165) is 29.8 Å². The van der Waals surface area contributed by atoms with E-state index >= 15 is 0 Å². The van der Waals surface area contributed by atoms with Gasteiger partial charge in [-0.1, -0.05) is 0 Å². The summed E-state index contributed by atoms with van der Waals surface area (Å²) >= 11 is 0. The number of fused-ring (bicyclic) bond motifs is 1. The van der Waals surface area contributed by atoms with Crippen LogP contribution in [0.4, 0.5) is 9.18 Å². The molecule has 1 aliphatic heterocycles. The van der Waals surface area contributed by atoms with Gasteiger partial charge in [0.2, 0.25) is 5.78 Å². The number of aromatic nitrogens is 3. The van der Waals surface area contributed by atoms with E-state index < -0.39 is 5.60 Å². The highest BCUT2D eigenvalue weighted by Gasteiger charge is 2.30. The predicted octanol–water partition coefficient (Wildman–Crippen LogP) is 4.65. The summed E-state index contributed by atoms with van der Waals surface area (Å²) in [7, 11) is 0. The largest absolute Gasteiger partial charge is 0.444 e. The molecule has 0 aliphatic carbocycles. The number of piperidine rings is 1. The Morgan fingerprint density at radius 2 is 1.93 bits per heavy atom. The fourth-order valence-electron chi connectivity index (χ4n) is 3.80. The second-order valence-electron chi connectivity index (χ2n) is 8.42. The van der Waals surface area contributed by atoms with Crippen LogP contribution in [0.25, 0.3) is 17.0 Å². The minimum atomic E-state index is -0.520. The fourth-order valence-corrected chi connectivity index (χ4v) is 3.80. The molecule has 1 atom stereocenters. The van der Waals surface area contributed by atoms with E-state index in [-0.39, 0.29) is 17.8 Å². The molecule has 7 heteroatoms. The van der Waals surface area contributed by atoms with Crippen LogP contribution in [0.2, 0.25) is 0 Å². The molecule has 0 N–H and O–H groups in total. The number of halogens is 1. The van der Waals surface area contributed by atoms with Gasteiger partial charge in [-0.15, -0.1) is 0 Å². The van der Waals surface area contributed by atoms with Gasteiger partial charge in [-0.2, -0.15) is 0 Å². The second-order valence-corrected chi connectivity index (χ2v) is 8.42. The lowest BCUT2D eigenvalue weighted by molar-refractivity contribution is 0.0197. The summed E-state index contributed by atoms with van der Waals surface area (Å²) in [6.45, 7) is 6.89. The summed E-state index contributed by atoms with van der Waals surface area (Å²) in [5.41, 5.74) is 2.25. The number of rotatable bonds is 2. The molecule has 152 valence electrons. The number of hydrogen-bond acceptors (Lipinski definition) is 4. The molecule has 3 heterocycles. The molecular weight excluding hydrogens is 371 g/mol. The highest BCUT2D eigenvalue weighted by molar-refractivity contribution is 5.68. The van der Waals surface area contributed by atoms with Crippen LogP contribution in [-0.4, -0.2) is 44.1 Å². The lowest BCUT2D eigenvalue weighted by atomic mass is 9.94. The first-order valence-electron chi connectivity index (χ1n) is 9.88. The third-order valence-corrected chi connectivity index (χ3v) is 5.07. The average molecular weight is 396 g/mol. The molecule has 0 radical (unpaired) electrons. The molecule has 1 amide bonds. The van der Waals surface area contributed by atoms with Gasteiger partial charge >= 0.3 is 6.09 Å². The monoisotopic (exact) mass is 396 g/mol. The minimum absolute atomic E-state index is 0.134. The topological polar surface area (TPSA) is 59.7 Å². The summed E-state index contributed by atoms with van der Waals surface area (Å²) in [4.78, 5) is 23.1. The molecule has 4 rings (SSSR count). The Morgan fingerprint density at radius 1 is 1.17 bits per heavy atom. The van der Waals surface area contributed by atoms with Crippen molar-refractivity contribution in [2.24, 2.45) is 0 Å². The zero-order chi connectivity index (χ0) is 20.6. The van der Waals surface area contributed by atoms with Crippen molar-refractivity contribution in [2.75, 3.05) is 13.1 Å². The van der Waals surface area contributed by atoms with E-state index in [1.165, 1.54) is 12.1 Å². The molecule has 1 fully saturated rings. The molecule has 1 aromatic carbocycles. The molecular formula is C22H25FN4O2. The van der Waals surface area contributed by atoms with E-state index in [9.17, 15) is 9.18 Å². The molecule has 0 unspecified atom stereocenters. The number of amides is 1. The van der Waals surface area contributed by atoms with E-state index in [4.69, 9.17) is 4.74 Å². The van der Waals surface area contributed by atoms with Gasteiger partial charge in [-0.05, 0) is 63.9 Å². The van der Waals surface area contributed by atoms with Crippen molar-refractivity contribution in [1.29, 1.82) is 0 Å². The van der Waals surface area contributed by atoms with Crippen LogP contribution in [0.1, 0.15) is 45.2 Å². The zero-order valence-electron chi connectivity index (χ0n) is 16.9. The molecule has 1 saturated heterocycles. The number of ether oxygens (including phenoxy) is 1. The molecule has 0 spiro atoms. The van der Waals surface area contributed by atoms with E-state index in [2.05, 4.69) is 9.97 Å². The number of carbonyl (C=O) groups excluding carboxylic acids is 1. The molecule has 0 bridgehead atoms. The van der Waals surface area contributed by atoms with Crippen molar-refractivity contribution in [1.82, 2.24) is 19.3 Å². The maximum atomic E-state index is 13.4. The van der Waals surface area contributed by atoms with Gasteiger partial charge in [-0.25, -0.2) is 19.2 Å². The third-order valence-electron chi connectivity index (χ3n) is 5.07. The van der Waals surface area contributed by atoms with Crippen molar-refractivity contribution in [2.45, 2.75) is 45.1 Å². The number of imidazole rings is 1. The predicted molar refractivity (Wildman–Crippen MR) is 108 cm³/mol. The summed E-state index contributed by atoms with van der Waals surface area (Å²) in [6.07, 6.45) is 5.08. The first-order valence-corrected chi connectivity index (χ1v) is 9.88. The fraction of sp³-hybridized carbons (Fsp3) is 0.409. The van der Waals surface area contributed by atoms with E-state index in [1.54, 1.807) is 29.4 Å². The van der Waals surface area contributed by atoms with Crippen molar-refractivity contribution in [3.63, 3.8) is 0 Å². The Bertz CT molecular complexity index is 1020. The van der Waals surface area contributed by atoms with Crippen molar-refractivity contribution < 1.29 is 13.9 Å². The first kappa shape index (κ1) is 19.4. The maximum absolute atomic E-state index is 13.4. The van der Waals surface area contributed by atoms with Crippen LogP contribution in [0.5, 0.6) is 0 Å². The van der Waals surface area contributed by atoms with Crippen molar-refractivity contribution in [3.05, 3.63) is 54.2 Å². The summed E-state index contributed by atoms with van der Waals surface area (Å²) in [5.74, 6) is 0.451. The van der Waals surface area contributed by atoms with Crippen molar-refractivity contribution >= 4 is 11.9 Å². The number of likely N-dealkylation sites (tertiary alicyclic amines) is 1. The highest BCUT2D eigenvalue weighted by atomic mass is 19.1. The Kier molecular flexibility index (Phi) is 4.98. The number of nitrogens with zero attached hydrogens (tertiary/aromatic N) is 4. The Morgan fingerprint density at radius 3 is 2.66 bits per heavy atom. The Hall–Kier alpha value is -2.96. The summed E-state index contributed by atoms with van der Waals surface area (Å²) < 4.78 is 20.9. The molecule has 1 aliphatic rings. The van der Waals surface area contributed by atoms with Crippen LogP contribution in [0.3, 0.4) is 0 Å². The van der Waals surface area contributed by atoms with Crippen LogP contribution in [0, 0.1) is 5.82 Å². The van der Waals surface area contributed by atoms with Gasteiger partial charge in [-0.3, -0.25) is 4.40 Å². The Balaban J connectivity index is 1.68. The maximum Gasteiger partial charge on any atom is 0.410 e. The summed E-state index contributed by atoms with van der Waals surface area (Å²) in [5, 5.41) is 0. The molecule has 6 nitrogen and oxygen atoms in total. The van der Waals surface area contributed by atoms with Gasteiger partial charge in [0.05, 0.1) is 11.9 Å². The minimum Gasteiger partial charge on any atom is -0.444 e. The number of benzene rings is 1. The molecule has 2 aromatic heterocycles. The normalized spacial score (nSPS) is 17.5. The lowest BCUT2D eigenvalue weighted by Crippen LogP contribution is -2.42. The SMILES string of the molecule is CC(C)(C)OC(=O)N1CCC[C@H](c2ccnc3ncc(-c4ccc(F)cc4)n23)C1. The second kappa shape index (κ2) is 7.46. The summed E-state index contributed by atoms with van der Waals surface area (Å²) in [6, 6.07) is 8.34. The molecule has 3 aromatic rings. The quantitative estimate of drug-likeness (QED) is 0.633. The zero-order valence-corrected chi connectivity index (χ0v) is 16.9. The van der Waals surface area contributed by atoms with Crippen molar-refractivity contribution in [3.8, 4) is 11.3 Å². The average Bonchev–Trinajstić information content (AvgIpc) is 3.12. The van der Waals surface area contributed by atoms with Crippen LogP contribution < -0.4 is 0 Å². The van der Waals surface area contributed by atoms with Crippen LogP contribution >= 0.6 is 0 Å². The number of hydrogen-bond donors (Lipinski definition) is 0. The first-order chi connectivity index (χ1) is 13.8. The van der Waals surface area contributed by atoms with Gasteiger partial charge in [0.25, 0.3) is 0 Å². The van der Waals surface area contributed by atoms with Gasteiger partial charge in [0.15, 0.2) is 0 Å². The van der Waals surface area contributed by atoms with Crippen LogP contribution in [0.15, 0.2) is 42.7 Å². The van der Waals surface area contributed by atoms with E-state index in [0.29, 0.717) is 18.9 Å². The standard InChI is InChI=1S/C22H25FN4O2/c1-22(2,3)29-21(28)26-12-4-5-16(14-26)18-10-11-24-20-25-13-19(27(18)20)15-6-8-17(23)9-7-15/h6-11,13,16H,4-5,12,14H2,1-3H3/t16-/m0/s1. The molecule has 0 saturated carbocycles. The smallest absolute Gasteiger partial charge is 0.410 e. The lowest BCUT2D eigenvalue weighted by Gasteiger charge is -2.34. The number of carbonyl (C=O) groups is 1. The van der Waals surface area contributed by atoms with Gasteiger partial charge in [0, 0.05) is 36.5 Å². The van der Waals surface area contributed by atoms with E-state index in [1.807, 2.05) is 31.2 Å². The van der Waals surface area contributed by atoms with Gasteiger partial charge in [0.1, 0.15) is 11.4 Å². The highest BCUT2D eigenvalue weighted by Crippen LogP contribution is 2.31. The molecule has 29 heavy (non-hydrogen) atoms. The third kappa shape index (κ3) is 4.09.